The summed E-state index contributed by atoms with van der Waals surface area (Å²) in [5.74, 6) is 0.240. The number of methoxy groups -OCH3 is 2. The molecule has 2 aromatic rings. The van der Waals surface area contributed by atoms with Gasteiger partial charge in [-0.25, -0.2) is 14.6 Å². The Morgan fingerprint density at radius 2 is 2.00 bits per heavy atom. The number of aliphatic imine (C=N–C) groups is 1. The fraction of sp³-hybridized carbons (Fsp3) is 0.167. The monoisotopic (exact) mass is 341 g/mol. The SMILES string of the molecule is COC(=O)c1cc(/C=C2\N=C(c3ccccc3OC)OC2=O)oc1C. The molecule has 1 aliphatic heterocycles. The van der Waals surface area contributed by atoms with Gasteiger partial charge in [0.15, 0.2) is 5.70 Å². The van der Waals surface area contributed by atoms with Crippen LogP contribution in [0.1, 0.15) is 27.4 Å². The Hall–Kier alpha value is -3.35. The Kier molecular flexibility index (Phi) is 4.38. The second-order valence-corrected chi connectivity index (χ2v) is 5.15. The number of benzene rings is 1. The van der Waals surface area contributed by atoms with Gasteiger partial charge < -0.3 is 18.6 Å². The van der Waals surface area contributed by atoms with Gasteiger partial charge in [0.2, 0.25) is 5.90 Å². The van der Waals surface area contributed by atoms with Crippen molar-refractivity contribution in [2.24, 2.45) is 4.99 Å². The van der Waals surface area contributed by atoms with Crippen LogP contribution in [0.4, 0.5) is 0 Å². The van der Waals surface area contributed by atoms with Crippen molar-refractivity contribution < 1.29 is 28.2 Å². The molecule has 1 aliphatic rings. The second-order valence-electron chi connectivity index (χ2n) is 5.15. The summed E-state index contributed by atoms with van der Waals surface area (Å²) in [5.41, 5.74) is 0.911. The van der Waals surface area contributed by atoms with E-state index in [1.54, 1.807) is 31.2 Å². The van der Waals surface area contributed by atoms with Crippen molar-refractivity contribution >= 4 is 23.9 Å². The maximum Gasteiger partial charge on any atom is 0.363 e. The Balaban J connectivity index is 1.95. The van der Waals surface area contributed by atoms with Crippen molar-refractivity contribution in [3.63, 3.8) is 0 Å². The van der Waals surface area contributed by atoms with Crippen LogP contribution in [0.15, 0.2) is 45.4 Å². The lowest BCUT2D eigenvalue weighted by Crippen LogP contribution is -2.06. The normalized spacial score (nSPS) is 15.1. The Morgan fingerprint density at radius 3 is 2.72 bits per heavy atom. The van der Waals surface area contributed by atoms with E-state index in [0.717, 1.165) is 0 Å². The van der Waals surface area contributed by atoms with Gasteiger partial charge in [-0.3, -0.25) is 0 Å². The highest BCUT2D eigenvalue weighted by Crippen LogP contribution is 2.26. The molecule has 7 nitrogen and oxygen atoms in total. The summed E-state index contributed by atoms with van der Waals surface area (Å²) in [6.45, 7) is 1.63. The topological polar surface area (TPSA) is 87.3 Å². The van der Waals surface area contributed by atoms with Crippen molar-refractivity contribution in [2.45, 2.75) is 6.92 Å². The molecule has 0 unspecified atom stereocenters. The number of carbonyl (C=O) groups is 2. The van der Waals surface area contributed by atoms with Crippen LogP contribution < -0.4 is 4.74 Å². The van der Waals surface area contributed by atoms with Crippen LogP contribution in [0.2, 0.25) is 0 Å². The van der Waals surface area contributed by atoms with Crippen LogP contribution in [-0.2, 0) is 14.3 Å². The molecular formula is C18H15NO6. The number of furan rings is 1. The molecule has 0 spiro atoms. The largest absolute Gasteiger partial charge is 0.496 e. The molecule has 128 valence electrons. The highest BCUT2D eigenvalue weighted by atomic mass is 16.6. The molecule has 0 N–H and O–H groups in total. The number of hydrogen-bond acceptors (Lipinski definition) is 7. The number of hydrogen-bond donors (Lipinski definition) is 0. The first-order valence-electron chi connectivity index (χ1n) is 7.38. The second kappa shape index (κ2) is 6.64. The average molecular weight is 341 g/mol. The van der Waals surface area contributed by atoms with Gasteiger partial charge in [0.25, 0.3) is 0 Å². The van der Waals surface area contributed by atoms with Gasteiger partial charge in [-0.2, -0.15) is 0 Å². The zero-order chi connectivity index (χ0) is 18.0. The summed E-state index contributed by atoms with van der Waals surface area (Å²) in [7, 11) is 2.80. The highest BCUT2D eigenvalue weighted by Gasteiger charge is 2.27. The number of nitrogens with zero attached hydrogens (tertiary/aromatic N) is 1. The van der Waals surface area contributed by atoms with Crippen molar-refractivity contribution in [3.05, 3.63) is 58.7 Å². The summed E-state index contributed by atoms with van der Waals surface area (Å²) in [6, 6.07) is 8.55. The van der Waals surface area contributed by atoms with Gasteiger partial charge >= 0.3 is 11.9 Å². The predicted octanol–water partition coefficient (Wildman–Crippen LogP) is 2.73. The van der Waals surface area contributed by atoms with E-state index in [2.05, 4.69) is 9.73 Å². The molecule has 3 rings (SSSR count). The number of aryl methyl sites for hydroxylation is 1. The molecule has 0 atom stereocenters. The fourth-order valence-corrected chi connectivity index (χ4v) is 2.37. The van der Waals surface area contributed by atoms with Crippen LogP contribution >= 0.6 is 0 Å². The third kappa shape index (κ3) is 3.16. The maximum atomic E-state index is 12.1. The van der Waals surface area contributed by atoms with E-state index in [4.69, 9.17) is 13.9 Å². The molecule has 7 heteroatoms. The van der Waals surface area contributed by atoms with E-state index < -0.39 is 11.9 Å². The number of carbonyl (C=O) groups excluding carboxylic acids is 2. The maximum absolute atomic E-state index is 12.1. The first-order valence-corrected chi connectivity index (χ1v) is 7.38. The molecule has 0 saturated heterocycles. The quantitative estimate of drug-likeness (QED) is 0.628. The number of esters is 2. The highest BCUT2D eigenvalue weighted by molar-refractivity contribution is 6.13. The third-order valence-corrected chi connectivity index (χ3v) is 3.58. The van der Waals surface area contributed by atoms with Crippen LogP contribution in [0.3, 0.4) is 0 Å². The van der Waals surface area contributed by atoms with Crippen molar-refractivity contribution in [1.29, 1.82) is 0 Å². The van der Waals surface area contributed by atoms with Crippen molar-refractivity contribution in [2.75, 3.05) is 14.2 Å². The molecule has 0 amide bonds. The zero-order valence-corrected chi connectivity index (χ0v) is 13.9. The van der Waals surface area contributed by atoms with Crippen molar-refractivity contribution in [1.82, 2.24) is 0 Å². The average Bonchev–Trinajstić information content (AvgIpc) is 3.17. The van der Waals surface area contributed by atoms with E-state index in [1.807, 2.05) is 0 Å². The minimum Gasteiger partial charge on any atom is -0.496 e. The lowest BCUT2D eigenvalue weighted by Gasteiger charge is -2.05. The molecule has 2 heterocycles. The molecule has 0 bridgehead atoms. The van der Waals surface area contributed by atoms with Crippen LogP contribution in [-0.4, -0.2) is 32.1 Å². The fourth-order valence-electron chi connectivity index (χ4n) is 2.37. The van der Waals surface area contributed by atoms with E-state index in [-0.39, 0.29) is 17.2 Å². The van der Waals surface area contributed by atoms with Crippen molar-refractivity contribution in [3.8, 4) is 5.75 Å². The first-order chi connectivity index (χ1) is 12.0. The van der Waals surface area contributed by atoms with E-state index in [0.29, 0.717) is 22.8 Å². The van der Waals surface area contributed by atoms with Gasteiger partial charge in [0.05, 0.1) is 19.8 Å². The minimum atomic E-state index is -0.616. The summed E-state index contributed by atoms with van der Waals surface area (Å²) in [5, 5.41) is 0. The molecule has 0 saturated carbocycles. The lowest BCUT2D eigenvalue weighted by molar-refractivity contribution is -0.129. The standard InChI is InChI=1S/C18H15NO6/c1-10-13(17(20)23-3)8-11(24-10)9-14-18(21)25-16(19-14)12-6-4-5-7-15(12)22-2/h4-9H,1-3H3/b14-9-. The Morgan fingerprint density at radius 1 is 1.24 bits per heavy atom. The summed E-state index contributed by atoms with van der Waals surface area (Å²) in [4.78, 5) is 27.9. The smallest absolute Gasteiger partial charge is 0.363 e. The number of para-hydroxylation sites is 1. The molecule has 0 fully saturated rings. The van der Waals surface area contributed by atoms with E-state index >= 15 is 0 Å². The summed E-state index contributed by atoms with van der Waals surface area (Å²) in [6.07, 6.45) is 1.41. The molecule has 1 aromatic heterocycles. The number of cyclic esters (lactones) is 1. The summed E-state index contributed by atoms with van der Waals surface area (Å²) < 4.78 is 20.6. The number of ether oxygens (including phenoxy) is 3. The molecular weight excluding hydrogens is 326 g/mol. The Bertz CT molecular complexity index is 906. The Labute approximate surface area is 143 Å². The van der Waals surface area contributed by atoms with Gasteiger partial charge in [-0.15, -0.1) is 0 Å². The first kappa shape index (κ1) is 16.5. The van der Waals surface area contributed by atoms with E-state index in [9.17, 15) is 9.59 Å². The van der Waals surface area contributed by atoms with E-state index in [1.165, 1.54) is 26.4 Å². The summed E-state index contributed by atoms with van der Waals surface area (Å²) >= 11 is 0. The molecule has 0 radical (unpaired) electrons. The number of rotatable bonds is 4. The van der Waals surface area contributed by atoms with Crippen LogP contribution in [0, 0.1) is 6.92 Å². The minimum absolute atomic E-state index is 0.0612. The zero-order valence-electron chi connectivity index (χ0n) is 13.9. The van der Waals surface area contributed by atoms with Crippen LogP contribution in [0.25, 0.3) is 6.08 Å². The lowest BCUT2D eigenvalue weighted by atomic mass is 10.2. The van der Waals surface area contributed by atoms with Gasteiger partial charge in [0, 0.05) is 6.08 Å². The van der Waals surface area contributed by atoms with Crippen LogP contribution in [0.5, 0.6) is 5.75 Å². The van der Waals surface area contributed by atoms with Gasteiger partial charge in [-0.05, 0) is 25.1 Å². The molecule has 1 aromatic carbocycles. The third-order valence-electron chi connectivity index (χ3n) is 3.58. The predicted molar refractivity (Wildman–Crippen MR) is 88.4 cm³/mol. The van der Waals surface area contributed by atoms with Gasteiger partial charge in [0.1, 0.15) is 22.8 Å². The molecule has 25 heavy (non-hydrogen) atoms. The van der Waals surface area contributed by atoms with Gasteiger partial charge in [-0.1, -0.05) is 12.1 Å². The molecule has 0 aliphatic carbocycles.